The van der Waals surface area contributed by atoms with Crippen LogP contribution in [0.25, 0.3) is 0 Å². The zero-order valence-electron chi connectivity index (χ0n) is 7.62. The third-order valence-corrected chi connectivity index (χ3v) is 3.51. The second-order valence-corrected chi connectivity index (χ2v) is 4.97. The van der Waals surface area contributed by atoms with Crippen LogP contribution in [0.3, 0.4) is 0 Å². The molecule has 1 rings (SSSR count). The molecule has 0 aromatic heterocycles. The van der Waals surface area contributed by atoms with Crippen LogP contribution in [0.1, 0.15) is 27.7 Å². The summed E-state index contributed by atoms with van der Waals surface area (Å²) in [4.78, 5) is 8.98. The SMILES string of the molecule is CC1(C)OP(=O)(O)OC1(C)C.O. The molecule has 1 aliphatic rings. The lowest BCUT2D eigenvalue weighted by Crippen LogP contribution is -2.41. The van der Waals surface area contributed by atoms with Gasteiger partial charge in [0.05, 0.1) is 0 Å². The van der Waals surface area contributed by atoms with Crippen LogP contribution in [-0.2, 0) is 13.6 Å². The quantitative estimate of drug-likeness (QED) is 0.585. The molecule has 3 N–H and O–H groups in total. The Balaban J connectivity index is 0.00000121. The van der Waals surface area contributed by atoms with Crippen molar-refractivity contribution < 1.29 is 24.0 Å². The van der Waals surface area contributed by atoms with Crippen LogP contribution >= 0.6 is 7.82 Å². The van der Waals surface area contributed by atoms with Crippen LogP contribution in [0.2, 0.25) is 0 Å². The molecule has 0 aliphatic carbocycles. The van der Waals surface area contributed by atoms with Crippen LogP contribution in [-0.4, -0.2) is 21.6 Å². The topological polar surface area (TPSA) is 87.3 Å². The minimum absolute atomic E-state index is 0. The minimum atomic E-state index is -3.79. The van der Waals surface area contributed by atoms with Gasteiger partial charge in [-0.25, -0.2) is 4.57 Å². The average molecular weight is 198 g/mol. The fourth-order valence-corrected chi connectivity index (χ4v) is 2.45. The summed E-state index contributed by atoms with van der Waals surface area (Å²) in [6, 6.07) is 0. The standard InChI is InChI=1S/C6H13O4P.H2O/c1-5(2)6(3,4)10-11(7,8)9-5;/h1-4H3,(H,7,8);1H2. The van der Waals surface area contributed by atoms with Crippen molar-refractivity contribution in [2.45, 2.75) is 38.9 Å². The van der Waals surface area contributed by atoms with Gasteiger partial charge in [0.2, 0.25) is 0 Å². The van der Waals surface area contributed by atoms with E-state index in [0.717, 1.165) is 0 Å². The zero-order chi connectivity index (χ0) is 8.91. The van der Waals surface area contributed by atoms with Gasteiger partial charge in [-0.05, 0) is 27.7 Å². The fraction of sp³-hybridized carbons (Fsp3) is 1.00. The van der Waals surface area contributed by atoms with E-state index in [4.69, 9.17) is 13.9 Å². The highest BCUT2D eigenvalue weighted by atomic mass is 31.2. The Morgan fingerprint density at radius 2 is 1.33 bits per heavy atom. The average Bonchev–Trinajstić information content (AvgIpc) is 1.66. The van der Waals surface area contributed by atoms with Crippen LogP contribution in [0.4, 0.5) is 0 Å². The highest BCUT2D eigenvalue weighted by molar-refractivity contribution is 7.47. The van der Waals surface area contributed by atoms with Crippen molar-refractivity contribution in [3.05, 3.63) is 0 Å². The summed E-state index contributed by atoms with van der Waals surface area (Å²) in [6.45, 7) is 6.90. The van der Waals surface area contributed by atoms with Gasteiger partial charge in [0, 0.05) is 0 Å². The largest absolute Gasteiger partial charge is 0.473 e. The summed E-state index contributed by atoms with van der Waals surface area (Å²) in [6.07, 6.45) is 0. The van der Waals surface area contributed by atoms with Gasteiger partial charge in [-0.3, -0.25) is 9.05 Å². The van der Waals surface area contributed by atoms with Gasteiger partial charge in [0.15, 0.2) is 0 Å². The van der Waals surface area contributed by atoms with Gasteiger partial charge in [0.1, 0.15) is 11.2 Å². The molecule has 74 valence electrons. The summed E-state index contributed by atoms with van der Waals surface area (Å²) in [7, 11) is -3.79. The molecule has 0 atom stereocenters. The molecule has 0 aromatic rings. The number of phosphoric acid groups is 1. The second kappa shape index (κ2) is 2.79. The van der Waals surface area contributed by atoms with Gasteiger partial charge >= 0.3 is 7.82 Å². The Bertz CT molecular complexity index is 202. The molecule has 0 aromatic carbocycles. The van der Waals surface area contributed by atoms with Crippen LogP contribution in [0.5, 0.6) is 0 Å². The Hall–Kier alpha value is 0.0700. The first-order valence-corrected chi connectivity index (χ1v) is 4.90. The fourth-order valence-electron chi connectivity index (χ4n) is 0.815. The van der Waals surface area contributed by atoms with Crippen molar-refractivity contribution in [3.8, 4) is 0 Å². The second-order valence-electron chi connectivity index (χ2n) is 3.67. The molecular weight excluding hydrogens is 183 g/mol. The molecule has 1 saturated heterocycles. The van der Waals surface area contributed by atoms with E-state index in [0.29, 0.717) is 0 Å². The molecule has 0 unspecified atom stereocenters. The van der Waals surface area contributed by atoms with Gasteiger partial charge in [-0.2, -0.15) is 0 Å². The summed E-state index contributed by atoms with van der Waals surface area (Å²) in [5.74, 6) is 0. The summed E-state index contributed by atoms with van der Waals surface area (Å²) >= 11 is 0. The van der Waals surface area contributed by atoms with E-state index >= 15 is 0 Å². The maximum atomic E-state index is 11.0. The molecule has 0 saturated carbocycles. The van der Waals surface area contributed by atoms with Crippen LogP contribution < -0.4 is 0 Å². The number of rotatable bonds is 0. The maximum absolute atomic E-state index is 11.0. The normalized spacial score (nSPS) is 29.4. The molecule has 12 heavy (non-hydrogen) atoms. The lowest BCUT2D eigenvalue weighted by molar-refractivity contribution is 0.00578. The van der Waals surface area contributed by atoms with Crippen molar-refractivity contribution in [3.63, 3.8) is 0 Å². The zero-order valence-corrected chi connectivity index (χ0v) is 8.51. The molecular formula is C6H15O5P. The van der Waals surface area contributed by atoms with Gasteiger partial charge in [0.25, 0.3) is 0 Å². The lowest BCUT2D eigenvalue weighted by Gasteiger charge is -2.28. The first-order valence-electron chi connectivity index (χ1n) is 3.41. The third kappa shape index (κ3) is 1.87. The summed E-state index contributed by atoms with van der Waals surface area (Å²) in [5.41, 5.74) is -1.42. The number of hydrogen-bond donors (Lipinski definition) is 1. The van der Waals surface area contributed by atoms with E-state index in [-0.39, 0.29) is 5.48 Å². The first-order chi connectivity index (χ1) is 4.66. The molecule has 0 amide bonds. The Labute approximate surface area is 71.6 Å². The van der Waals surface area contributed by atoms with E-state index in [9.17, 15) is 4.57 Å². The minimum Gasteiger partial charge on any atom is -0.412 e. The van der Waals surface area contributed by atoms with Crippen LogP contribution in [0, 0.1) is 0 Å². The van der Waals surface area contributed by atoms with E-state index in [1.165, 1.54) is 0 Å². The Morgan fingerprint density at radius 3 is 1.42 bits per heavy atom. The molecule has 0 spiro atoms. The van der Waals surface area contributed by atoms with Gasteiger partial charge in [-0.15, -0.1) is 0 Å². The van der Waals surface area contributed by atoms with Crippen molar-refractivity contribution >= 4 is 7.82 Å². The first kappa shape index (κ1) is 12.1. The van der Waals surface area contributed by atoms with Crippen LogP contribution in [0.15, 0.2) is 0 Å². The predicted octanol–water partition coefficient (Wildman–Crippen LogP) is 0.866. The molecule has 1 aliphatic heterocycles. The number of hydrogen-bond acceptors (Lipinski definition) is 3. The summed E-state index contributed by atoms with van der Waals surface area (Å²) < 4.78 is 20.6. The van der Waals surface area contributed by atoms with Gasteiger partial charge < -0.3 is 10.4 Å². The van der Waals surface area contributed by atoms with E-state index in [2.05, 4.69) is 0 Å². The molecule has 6 heteroatoms. The molecule has 1 fully saturated rings. The molecule has 5 nitrogen and oxygen atoms in total. The van der Waals surface area contributed by atoms with Crippen molar-refractivity contribution in [2.75, 3.05) is 0 Å². The Kier molecular flexibility index (Phi) is 2.80. The molecule has 1 heterocycles. The highest BCUT2D eigenvalue weighted by Crippen LogP contribution is 2.60. The third-order valence-electron chi connectivity index (χ3n) is 2.14. The van der Waals surface area contributed by atoms with E-state index < -0.39 is 19.0 Å². The highest BCUT2D eigenvalue weighted by Gasteiger charge is 2.55. The van der Waals surface area contributed by atoms with E-state index in [1.54, 1.807) is 27.7 Å². The predicted molar refractivity (Wildman–Crippen MR) is 43.8 cm³/mol. The Morgan fingerprint density at radius 1 is 1.08 bits per heavy atom. The summed E-state index contributed by atoms with van der Waals surface area (Å²) in [5, 5.41) is 0. The number of phosphoric ester groups is 1. The van der Waals surface area contributed by atoms with E-state index in [1.807, 2.05) is 0 Å². The van der Waals surface area contributed by atoms with Gasteiger partial charge in [-0.1, -0.05) is 0 Å². The monoisotopic (exact) mass is 198 g/mol. The van der Waals surface area contributed by atoms with Crippen molar-refractivity contribution in [1.82, 2.24) is 0 Å². The smallest absolute Gasteiger partial charge is 0.412 e. The molecule has 0 radical (unpaired) electrons. The van der Waals surface area contributed by atoms with Crippen molar-refractivity contribution in [1.29, 1.82) is 0 Å². The molecule has 0 bridgehead atoms. The lowest BCUT2D eigenvalue weighted by atomic mass is 9.90. The maximum Gasteiger partial charge on any atom is 0.473 e. The van der Waals surface area contributed by atoms with Crippen molar-refractivity contribution in [2.24, 2.45) is 0 Å².